The fourth-order valence-corrected chi connectivity index (χ4v) is 2.88. The van der Waals surface area contributed by atoms with Crippen LogP contribution in [0.2, 0.25) is 0 Å². The van der Waals surface area contributed by atoms with Gasteiger partial charge in [0.25, 0.3) is 5.91 Å². The third-order valence-electron chi connectivity index (χ3n) is 4.54. The van der Waals surface area contributed by atoms with Crippen molar-refractivity contribution in [3.63, 3.8) is 0 Å². The zero-order valence-corrected chi connectivity index (χ0v) is 17.4. The van der Waals surface area contributed by atoms with Gasteiger partial charge in [0.1, 0.15) is 24.4 Å². The van der Waals surface area contributed by atoms with E-state index in [9.17, 15) is 34.9 Å². The van der Waals surface area contributed by atoms with Crippen LogP contribution in [0.1, 0.15) is 32.3 Å². The summed E-state index contributed by atoms with van der Waals surface area (Å²) < 4.78 is 14.6. The minimum absolute atomic E-state index is 0.0286. The van der Waals surface area contributed by atoms with E-state index in [0.717, 1.165) is 18.2 Å². The quantitative estimate of drug-likeness (QED) is 0.156. The van der Waals surface area contributed by atoms with Crippen molar-refractivity contribution in [1.29, 1.82) is 5.26 Å². The number of carbonyl (C=O) groups is 3. The molecule has 170 valence electrons. The zero-order valence-electron chi connectivity index (χ0n) is 17.4. The number of amides is 1. The first kappa shape index (κ1) is 24.1. The Morgan fingerprint density at radius 3 is 2.62 bits per heavy atom. The number of aromatic hydroxyl groups is 1. The predicted molar refractivity (Wildman–Crippen MR) is 107 cm³/mol. The summed E-state index contributed by atoms with van der Waals surface area (Å²) in [5, 5.41) is 30.8. The second-order valence-corrected chi connectivity index (χ2v) is 6.60. The Morgan fingerprint density at radius 2 is 2.09 bits per heavy atom. The maximum atomic E-state index is 12.4. The van der Waals surface area contributed by atoms with Gasteiger partial charge in [-0.3, -0.25) is 19.7 Å². The van der Waals surface area contributed by atoms with Gasteiger partial charge in [0.2, 0.25) is 5.75 Å². The number of nitro benzene ring substituents is 1. The van der Waals surface area contributed by atoms with Gasteiger partial charge in [0.05, 0.1) is 4.92 Å². The van der Waals surface area contributed by atoms with E-state index in [4.69, 9.17) is 14.2 Å². The topological polar surface area (TPSA) is 169 Å². The smallest absolute Gasteiger partial charge is 0.499 e. The Balaban J connectivity index is 2.29. The summed E-state index contributed by atoms with van der Waals surface area (Å²) in [7, 11) is 0. The van der Waals surface area contributed by atoms with Crippen LogP contribution in [-0.4, -0.2) is 58.8 Å². The number of likely N-dealkylation sites (N-methyl/N-ethyl adjacent to an activating group) is 1. The SMILES string of the molecule is CCN(CC)C(=O)C(C#N)=Cc1cc(OC(=O)OCC2CCC(=O)O2)c(O)c([N+](=O)[O-])c1. The maximum absolute atomic E-state index is 12.4. The van der Waals surface area contributed by atoms with Crippen molar-refractivity contribution in [3.05, 3.63) is 33.4 Å². The van der Waals surface area contributed by atoms with Gasteiger partial charge in [-0.15, -0.1) is 0 Å². The van der Waals surface area contributed by atoms with Gasteiger partial charge < -0.3 is 24.2 Å². The zero-order chi connectivity index (χ0) is 23.8. The van der Waals surface area contributed by atoms with E-state index in [-0.39, 0.29) is 24.2 Å². The lowest BCUT2D eigenvalue weighted by Crippen LogP contribution is -2.31. The molecule has 1 atom stereocenters. The molecule has 1 fully saturated rings. The van der Waals surface area contributed by atoms with Gasteiger partial charge in [0.15, 0.2) is 5.75 Å². The molecule has 32 heavy (non-hydrogen) atoms. The Labute approximate surface area is 182 Å². The Bertz CT molecular complexity index is 993. The summed E-state index contributed by atoms with van der Waals surface area (Å²) in [6, 6.07) is 3.72. The molecule has 1 N–H and O–H groups in total. The fraction of sp³-hybridized carbons (Fsp3) is 0.400. The number of phenolic OH excluding ortho intramolecular Hbond substituents is 1. The van der Waals surface area contributed by atoms with E-state index in [1.807, 2.05) is 0 Å². The second-order valence-electron chi connectivity index (χ2n) is 6.60. The summed E-state index contributed by atoms with van der Waals surface area (Å²) >= 11 is 0. The average Bonchev–Trinajstić information content (AvgIpc) is 3.18. The van der Waals surface area contributed by atoms with E-state index in [1.54, 1.807) is 19.9 Å². The number of rotatable bonds is 8. The van der Waals surface area contributed by atoms with Gasteiger partial charge in [-0.1, -0.05) is 0 Å². The van der Waals surface area contributed by atoms with Crippen LogP contribution in [0.25, 0.3) is 6.08 Å². The minimum Gasteiger partial charge on any atom is -0.499 e. The van der Waals surface area contributed by atoms with Crippen LogP contribution in [0.15, 0.2) is 17.7 Å². The number of esters is 1. The van der Waals surface area contributed by atoms with Gasteiger partial charge in [0, 0.05) is 25.6 Å². The molecular weight excluding hydrogens is 426 g/mol. The van der Waals surface area contributed by atoms with E-state index >= 15 is 0 Å². The molecule has 1 aliphatic heterocycles. The van der Waals surface area contributed by atoms with Gasteiger partial charge in [-0.05, 0) is 38.0 Å². The summed E-state index contributed by atoms with van der Waals surface area (Å²) in [5.41, 5.74) is -1.14. The summed E-state index contributed by atoms with van der Waals surface area (Å²) in [6.07, 6.45) is -0.281. The highest BCUT2D eigenvalue weighted by Gasteiger charge is 2.27. The van der Waals surface area contributed by atoms with Crippen LogP contribution >= 0.6 is 0 Å². The standard InChI is InChI=1S/C20H21N3O9/c1-3-22(4-2)19(26)13(10-21)7-12-8-15(23(28)29)18(25)16(9-12)32-20(27)30-11-14-5-6-17(24)31-14/h7-9,14,25H,3-6,11H2,1-2H3. The number of benzene rings is 1. The molecule has 1 aromatic carbocycles. The van der Waals surface area contributed by atoms with Crippen molar-refractivity contribution in [2.75, 3.05) is 19.7 Å². The summed E-state index contributed by atoms with van der Waals surface area (Å²) in [6.45, 7) is 3.86. The number of nitriles is 1. The molecular formula is C20H21N3O9. The van der Waals surface area contributed by atoms with Gasteiger partial charge >= 0.3 is 17.8 Å². The molecule has 1 saturated heterocycles. The van der Waals surface area contributed by atoms with E-state index in [0.29, 0.717) is 19.5 Å². The number of hydrogen-bond donors (Lipinski definition) is 1. The molecule has 0 aliphatic carbocycles. The molecule has 12 heteroatoms. The third-order valence-corrected chi connectivity index (χ3v) is 4.54. The number of nitrogens with zero attached hydrogens (tertiary/aromatic N) is 3. The van der Waals surface area contributed by atoms with Gasteiger partial charge in [-0.25, -0.2) is 4.79 Å². The first-order valence-corrected chi connectivity index (χ1v) is 9.66. The van der Waals surface area contributed by atoms with Crippen molar-refractivity contribution in [2.45, 2.75) is 32.8 Å². The lowest BCUT2D eigenvalue weighted by molar-refractivity contribution is -0.385. The molecule has 12 nitrogen and oxygen atoms in total. The van der Waals surface area contributed by atoms with Crippen molar-refractivity contribution in [2.24, 2.45) is 0 Å². The first-order valence-electron chi connectivity index (χ1n) is 9.66. The van der Waals surface area contributed by atoms with Crippen LogP contribution in [0, 0.1) is 21.4 Å². The molecule has 1 unspecified atom stereocenters. The minimum atomic E-state index is -1.29. The number of phenols is 1. The maximum Gasteiger partial charge on any atom is 0.514 e. The summed E-state index contributed by atoms with van der Waals surface area (Å²) in [5.74, 6) is -2.55. The molecule has 1 aromatic rings. The van der Waals surface area contributed by atoms with Crippen molar-refractivity contribution >= 4 is 29.8 Å². The predicted octanol–water partition coefficient (Wildman–Crippen LogP) is 2.30. The Hall–Kier alpha value is -4.14. The highest BCUT2D eigenvalue weighted by Crippen LogP contribution is 2.38. The van der Waals surface area contributed by atoms with Crippen LogP contribution in [0.3, 0.4) is 0 Å². The lowest BCUT2D eigenvalue weighted by atomic mass is 10.1. The molecule has 0 saturated carbocycles. The average molecular weight is 447 g/mol. The monoisotopic (exact) mass is 447 g/mol. The van der Waals surface area contributed by atoms with Crippen molar-refractivity contribution in [1.82, 2.24) is 4.90 Å². The largest absolute Gasteiger partial charge is 0.514 e. The molecule has 0 bridgehead atoms. The van der Waals surface area contributed by atoms with Crippen molar-refractivity contribution in [3.8, 4) is 17.6 Å². The molecule has 0 spiro atoms. The molecule has 0 aromatic heterocycles. The highest BCUT2D eigenvalue weighted by atomic mass is 16.7. The number of cyclic esters (lactones) is 1. The molecule has 1 amide bonds. The van der Waals surface area contributed by atoms with Crippen LogP contribution in [-0.2, 0) is 19.1 Å². The highest BCUT2D eigenvalue weighted by molar-refractivity contribution is 6.01. The van der Waals surface area contributed by atoms with Crippen molar-refractivity contribution < 1.29 is 38.6 Å². The van der Waals surface area contributed by atoms with E-state index < -0.39 is 46.2 Å². The molecule has 2 rings (SSSR count). The molecule has 0 radical (unpaired) electrons. The van der Waals surface area contributed by atoms with E-state index in [1.165, 1.54) is 4.90 Å². The molecule has 1 aliphatic rings. The number of carbonyl (C=O) groups excluding carboxylic acids is 3. The van der Waals surface area contributed by atoms with Crippen LogP contribution in [0.5, 0.6) is 11.5 Å². The van der Waals surface area contributed by atoms with Crippen LogP contribution in [0.4, 0.5) is 10.5 Å². The lowest BCUT2D eigenvalue weighted by Gasteiger charge is -2.17. The Kier molecular flexibility index (Phi) is 8.11. The number of nitro groups is 1. The number of hydrogen-bond acceptors (Lipinski definition) is 10. The molecule has 1 heterocycles. The van der Waals surface area contributed by atoms with Gasteiger partial charge in [-0.2, -0.15) is 5.26 Å². The first-order chi connectivity index (χ1) is 15.2. The third kappa shape index (κ3) is 5.94. The normalized spacial score (nSPS) is 15.5. The summed E-state index contributed by atoms with van der Waals surface area (Å²) in [4.78, 5) is 47.2. The van der Waals surface area contributed by atoms with Crippen LogP contribution < -0.4 is 4.74 Å². The number of ether oxygens (including phenoxy) is 3. The fourth-order valence-electron chi connectivity index (χ4n) is 2.88. The van der Waals surface area contributed by atoms with E-state index in [2.05, 4.69) is 0 Å². The Morgan fingerprint density at radius 1 is 1.41 bits per heavy atom. The second kappa shape index (κ2) is 10.8.